The van der Waals surface area contributed by atoms with E-state index in [9.17, 15) is 8.60 Å². The number of halogens is 2. The van der Waals surface area contributed by atoms with Gasteiger partial charge in [0.25, 0.3) is 0 Å². The minimum atomic E-state index is -1.38. The van der Waals surface area contributed by atoms with Gasteiger partial charge in [0.2, 0.25) is 0 Å². The normalized spacial score (nSPS) is 11.5. The second-order valence-electron chi connectivity index (χ2n) is 5.92. The van der Waals surface area contributed by atoms with Crippen LogP contribution in [0.3, 0.4) is 0 Å². The molecule has 0 bridgehead atoms. The second kappa shape index (κ2) is 9.14. The summed E-state index contributed by atoms with van der Waals surface area (Å²) in [6, 6.07) is 19.0. The van der Waals surface area contributed by atoms with Crippen LogP contribution >= 0.6 is 23.8 Å². The summed E-state index contributed by atoms with van der Waals surface area (Å²) in [7, 11) is -1.38. The molecule has 3 aromatic rings. The first kappa shape index (κ1) is 20.3. The molecule has 0 amide bonds. The van der Waals surface area contributed by atoms with Gasteiger partial charge in [-0.1, -0.05) is 29.8 Å². The van der Waals surface area contributed by atoms with Crippen molar-refractivity contribution in [2.45, 2.75) is 11.8 Å². The van der Waals surface area contributed by atoms with E-state index in [2.05, 4.69) is 15.4 Å². The van der Waals surface area contributed by atoms with Gasteiger partial charge in [0, 0.05) is 17.1 Å². The Kier molecular flexibility index (Phi) is 6.61. The molecule has 0 fully saturated rings. The summed E-state index contributed by atoms with van der Waals surface area (Å²) in [5, 5.41) is 6.29. The van der Waals surface area contributed by atoms with Crippen LogP contribution in [0, 0.1) is 12.7 Å². The van der Waals surface area contributed by atoms with Gasteiger partial charge in [-0.25, -0.2) is 8.60 Å². The molecule has 0 aromatic heterocycles. The predicted molar refractivity (Wildman–Crippen MR) is 119 cm³/mol. The molecule has 1 unspecified atom stereocenters. The molecule has 0 aliphatic rings. The monoisotopic (exact) mass is 433 g/mol. The fourth-order valence-corrected chi connectivity index (χ4v) is 3.72. The van der Waals surface area contributed by atoms with Crippen LogP contribution in [0.5, 0.6) is 0 Å². The number of rotatable bonds is 5. The average molecular weight is 434 g/mol. The summed E-state index contributed by atoms with van der Waals surface area (Å²) >= 11 is 11.0. The highest BCUT2D eigenvalue weighted by atomic mass is 35.5. The maximum absolute atomic E-state index is 13.2. The lowest BCUT2D eigenvalue weighted by Crippen LogP contribution is -2.19. The highest BCUT2D eigenvalue weighted by molar-refractivity contribution is 7.86. The fourth-order valence-electron chi connectivity index (χ4n) is 2.38. The Morgan fingerprint density at radius 2 is 1.64 bits per heavy atom. The third-order valence-electron chi connectivity index (χ3n) is 3.85. The molecular weight excluding hydrogens is 417 g/mol. The van der Waals surface area contributed by atoms with Gasteiger partial charge in [-0.2, -0.15) is 0 Å². The number of nitrogens with one attached hydrogen (secondary N) is 3. The van der Waals surface area contributed by atoms with Crippen molar-refractivity contribution < 1.29 is 8.60 Å². The quantitative estimate of drug-likeness (QED) is 0.450. The van der Waals surface area contributed by atoms with E-state index in [1.165, 1.54) is 12.1 Å². The zero-order valence-electron chi connectivity index (χ0n) is 14.8. The first-order valence-corrected chi connectivity index (χ1v) is 10.2. The molecule has 8 heteroatoms. The Labute approximate surface area is 175 Å². The third kappa shape index (κ3) is 5.28. The summed E-state index contributed by atoms with van der Waals surface area (Å²) in [5.74, 6) is -0.492. The molecule has 0 aliphatic carbocycles. The molecule has 0 saturated heterocycles. The Morgan fingerprint density at radius 3 is 2.32 bits per heavy atom. The summed E-state index contributed by atoms with van der Waals surface area (Å²) in [6.07, 6.45) is 0. The molecule has 1 atom stereocenters. The molecule has 28 heavy (non-hydrogen) atoms. The van der Waals surface area contributed by atoms with E-state index in [0.29, 0.717) is 15.7 Å². The predicted octanol–water partition coefficient (Wildman–Crippen LogP) is 5.73. The van der Waals surface area contributed by atoms with Crippen molar-refractivity contribution in [1.82, 2.24) is 0 Å². The van der Waals surface area contributed by atoms with Crippen LogP contribution in [0.25, 0.3) is 0 Å². The lowest BCUT2D eigenvalue weighted by molar-refractivity contribution is 0.628. The highest BCUT2D eigenvalue weighted by Crippen LogP contribution is 2.21. The first-order valence-electron chi connectivity index (χ1n) is 8.29. The molecule has 0 aliphatic heterocycles. The number of hydrogen-bond acceptors (Lipinski definition) is 2. The Hall–Kier alpha value is -2.48. The van der Waals surface area contributed by atoms with Crippen molar-refractivity contribution in [1.29, 1.82) is 0 Å². The van der Waals surface area contributed by atoms with Gasteiger partial charge < -0.3 is 15.4 Å². The lowest BCUT2D eigenvalue weighted by atomic mass is 10.2. The van der Waals surface area contributed by atoms with E-state index in [0.717, 1.165) is 16.9 Å². The maximum atomic E-state index is 13.2. The molecule has 3 rings (SSSR count). The summed E-state index contributed by atoms with van der Waals surface area (Å²) < 4.78 is 28.7. The SMILES string of the molecule is Cc1ccccc1NS(=O)c1ccc(NC(=S)Nc2ccc(F)c(Cl)c2)cc1. The summed E-state index contributed by atoms with van der Waals surface area (Å²) in [4.78, 5) is 0.637. The molecule has 4 nitrogen and oxygen atoms in total. The number of anilines is 3. The summed E-state index contributed by atoms with van der Waals surface area (Å²) in [5.41, 5.74) is 3.14. The Morgan fingerprint density at radius 1 is 1.00 bits per heavy atom. The molecule has 0 saturated carbocycles. The zero-order valence-corrected chi connectivity index (χ0v) is 17.2. The molecule has 0 heterocycles. The van der Waals surface area contributed by atoms with Crippen LogP contribution in [-0.2, 0) is 11.0 Å². The number of hydrogen-bond donors (Lipinski definition) is 3. The van der Waals surface area contributed by atoms with Crippen molar-refractivity contribution in [3.8, 4) is 0 Å². The molecule has 144 valence electrons. The van der Waals surface area contributed by atoms with E-state index in [1.54, 1.807) is 30.3 Å². The van der Waals surface area contributed by atoms with E-state index in [1.807, 2.05) is 31.2 Å². The zero-order chi connectivity index (χ0) is 20.1. The van der Waals surface area contributed by atoms with Crippen LogP contribution in [-0.4, -0.2) is 9.32 Å². The topological polar surface area (TPSA) is 53.2 Å². The Balaban J connectivity index is 1.60. The largest absolute Gasteiger partial charge is 0.332 e. The number of thiocarbonyl (C=S) groups is 1. The standard InChI is InChI=1S/C20H17ClFN3OS2/c1-13-4-2-3-5-19(13)25-28(26)16-9-6-14(7-10-16)23-20(27)24-15-8-11-18(22)17(21)12-15/h2-12,25H,1H3,(H2,23,24,27). The molecule has 3 N–H and O–H groups in total. The molecule has 0 spiro atoms. The third-order valence-corrected chi connectivity index (χ3v) is 5.45. The van der Waals surface area contributed by atoms with Gasteiger partial charge in [0.1, 0.15) is 16.8 Å². The van der Waals surface area contributed by atoms with Crippen molar-refractivity contribution in [2.24, 2.45) is 0 Å². The first-order chi connectivity index (χ1) is 13.4. The van der Waals surface area contributed by atoms with E-state index in [4.69, 9.17) is 23.8 Å². The van der Waals surface area contributed by atoms with Crippen molar-refractivity contribution in [3.05, 3.63) is 83.1 Å². The lowest BCUT2D eigenvalue weighted by Gasteiger charge is -2.12. The molecule has 0 radical (unpaired) electrons. The minimum Gasteiger partial charge on any atom is -0.332 e. The van der Waals surface area contributed by atoms with Crippen LogP contribution in [0.15, 0.2) is 71.6 Å². The van der Waals surface area contributed by atoms with Crippen LogP contribution in [0.4, 0.5) is 21.5 Å². The maximum Gasteiger partial charge on any atom is 0.175 e. The van der Waals surface area contributed by atoms with Gasteiger partial charge in [0.05, 0.1) is 9.92 Å². The smallest absolute Gasteiger partial charge is 0.175 e. The second-order valence-corrected chi connectivity index (χ2v) is 7.95. The highest BCUT2D eigenvalue weighted by Gasteiger charge is 2.07. The van der Waals surface area contributed by atoms with Gasteiger partial charge in [-0.15, -0.1) is 0 Å². The molecule has 3 aromatic carbocycles. The summed E-state index contributed by atoms with van der Waals surface area (Å²) in [6.45, 7) is 1.95. The fraction of sp³-hybridized carbons (Fsp3) is 0.0500. The van der Waals surface area contributed by atoms with Crippen molar-refractivity contribution in [3.63, 3.8) is 0 Å². The number of aryl methyl sites for hydroxylation is 1. The van der Waals surface area contributed by atoms with Gasteiger partial charge in [-0.05, 0) is 73.2 Å². The van der Waals surface area contributed by atoms with Crippen LogP contribution in [0.1, 0.15) is 5.56 Å². The Bertz CT molecular complexity index is 1030. The van der Waals surface area contributed by atoms with Gasteiger partial charge in [-0.3, -0.25) is 0 Å². The molecular formula is C20H17ClFN3OS2. The minimum absolute atomic E-state index is 0.0146. The van der Waals surface area contributed by atoms with E-state index < -0.39 is 16.8 Å². The number of para-hydroxylation sites is 1. The van der Waals surface area contributed by atoms with Crippen molar-refractivity contribution in [2.75, 3.05) is 15.4 Å². The van der Waals surface area contributed by atoms with E-state index in [-0.39, 0.29) is 5.02 Å². The van der Waals surface area contributed by atoms with Crippen molar-refractivity contribution >= 4 is 57.0 Å². The van der Waals surface area contributed by atoms with E-state index >= 15 is 0 Å². The van der Waals surface area contributed by atoms with Gasteiger partial charge >= 0.3 is 0 Å². The van der Waals surface area contributed by atoms with Gasteiger partial charge in [0.15, 0.2) is 5.11 Å². The van der Waals surface area contributed by atoms with Crippen LogP contribution < -0.4 is 15.4 Å². The number of benzene rings is 3. The average Bonchev–Trinajstić information content (AvgIpc) is 2.67. The van der Waals surface area contributed by atoms with Crippen LogP contribution in [0.2, 0.25) is 5.02 Å².